The molecule has 1 fully saturated rings. The average molecular weight is 275 g/mol. The van der Waals surface area contributed by atoms with E-state index in [0.29, 0.717) is 12.5 Å². The van der Waals surface area contributed by atoms with E-state index in [9.17, 15) is 4.79 Å². The molecule has 0 aliphatic carbocycles. The first kappa shape index (κ1) is 15.0. The summed E-state index contributed by atoms with van der Waals surface area (Å²) in [6.07, 6.45) is 2.00. The number of ketones is 1. The first-order chi connectivity index (χ1) is 9.49. The van der Waals surface area contributed by atoms with Gasteiger partial charge in [0.25, 0.3) is 0 Å². The summed E-state index contributed by atoms with van der Waals surface area (Å²) in [4.78, 5) is 12.7. The largest absolute Gasteiger partial charge is 0.492 e. The van der Waals surface area contributed by atoms with E-state index in [1.54, 1.807) is 0 Å². The van der Waals surface area contributed by atoms with Crippen molar-refractivity contribution in [3.8, 4) is 5.75 Å². The van der Waals surface area contributed by atoms with Crippen LogP contribution in [-0.4, -0.2) is 25.0 Å². The SMILES string of the molecule is Cc1cc(C)c(OCC(C)C)c(C(=O)C2CCCN2)c1. The summed E-state index contributed by atoms with van der Waals surface area (Å²) in [7, 11) is 0. The van der Waals surface area contributed by atoms with E-state index in [0.717, 1.165) is 41.8 Å². The minimum Gasteiger partial charge on any atom is -0.492 e. The highest BCUT2D eigenvalue weighted by Crippen LogP contribution is 2.28. The van der Waals surface area contributed by atoms with E-state index < -0.39 is 0 Å². The molecule has 3 nitrogen and oxygen atoms in total. The van der Waals surface area contributed by atoms with Crippen LogP contribution in [0.5, 0.6) is 5.75 Å². The van der Waals surface area contributed by atoms with Crippen molar-refractivity contribution >= 4 is 5.78 Å². The highest BCUT2D eigenvalue weighted by molar-refractivity contribution is 6.03. The van der Waals surface area contributed by atoms with Gasteiger partial charge in [0, 0.05) is 0 Å². The predicted octanol–water partition coefficient (Wildman–Crippen LogP) is 3.27. The molecule has 3 heteroatoms. The molecule has 1 aromatic rings. The van der Waals surface area contributed by atoms with Crippen LogP contribution >= 0.6 is 0 Å². The Morgan fingerprint density at radius 2 is 2.15 bits per heavy atom. The third-order valence-corrected chi connectivity index (χ3v) is 3.62. The first-order valence-corrected chi connectivity index (χ1v) is 7.50. The number of Topliss-reactive ketones (excluding diaryl/α,β-unsaturated/α-hetero) is 1. The molecule has 20 heavy (non-hydrogen) atoms. The van der Waals surface area contributed by atoms with E-state index in [1.165, 1.54) is 0 Å². The molecule has 1 aliphatic heterocycles. The van der Waals surface area contributed by atoms with Gasteiger partial charge in [0.05, 0.1) is 18.2 Å². The van der Waals surface area contributed by atoms with E-state index in [4.69, 9.17) is 4.74 Å². The fourth-order valence-electron chi connectivity index (χ4n) is 2.68. The summed E-state index contributed by atoms with van der Waals surface area (Å²) in [6.45, 7) is 9.85. The molecule has 1 N–H and O–H groups in total. The maximum absolute atomic E-state index is 12.7. The minimum atomic E-state index is -0.0439. The summed E-state index contributed by atoms with van der Waals surface area (Å²) in [5, 5.41) is 3.28. The van der Waals surface area contributed by atoms with Gasteiger partial charge in [-0.05, 0) is 56.3 Å². The Bertz CT molecular complexity index is 488. The monoisotopic (exact) mass is 275 g/mol. The Balaban J connectivity index is 2.31. The van der Waals surface area contributed by atoms with E-state index in [-0.39, 0.29) is 11.8 Å². The lowest BCUT2D eigenvalue weighted by Crippen LogP contribution is -2.31. The van der Waals surface area contributed by atoms with Crippen LogP contribution in [0.1, 0.15) is 48.2 Å². The molecule has 1 heterocycles. The zero-order valence-electron chi connectivity index (χ0n) is 13.0. The van der Waals surface area contributed by atoms with Crippen LogP contribution in [0.25, 0.3) is 0 Å². The van der Waals surface area contributed by atoms with Gasteiger partial charge < -0.3 is 10.1 Å². The van der Waals surface area contributed by atoms with E-state index in [2.05, 4.69) is 25.2 Å². The molecular weight excluding hydrogens is 250 g/mol. The second-order valence-corrected chi connectivity index (χ2v) is 6.18. The van der Waals surface area contributed by atoms with Crippen molar-refractivity contribution in [2.45, 2.75) is 46.6 Å². The van der Waals surface area contributed by atoms with Gasteiger partial charge in [-0.15, -0.1) is 0 Å². The number of nitrogens with one attached hydrogen (secondary N) is 1. The second-order valence-electron chi connectivity index (χ2n) is 6.18. The zero-order chi connectivity index (χ0) is 14.7. The number of benzene rings is 1. The van der Waals surface area contributed by atoms with Crippen LogP contribution in [0.15, 0.2) is 12.1 Å². The molecule has 2 rings (SSSR count). The van der Waals surface area contributed by atoms with Gasteiger partial charge in [0.2, 0.25) is 0 Å². The summed E-state index contributed by atoms with van der Waals surface area (Å²) in [6, 6.07) is 4.00. The third kappa shape index (κ3) is 3.40. The molecule has 1 unspecified atom stereocenters. The molecule has 1 saturated heterocycles. The van der Waals surface area contributed by atoms with Crippen molar-refractivity contribution in [2.75, 3.05) is 13.2 Å². The minimum absolute atomic E-state index is 0.0439. The number of hydrogen-bond acceptors (Lipinski definition) is 3. The Kier molecular flexibility index (Phi) is 4.81. The Morgan fingerprint density at radius 3 is 2.75 bits per heavy atom. The van der Waals surface area contributed by atoms with Gasteiger partial charge in [0.15, 0.2) is 5.78 Å². The lowest BCUT2D eigenvalue weighted by Gasteiger charge is -2.18. The van der Waals surface area contributed by atoms with Crippen molar-refractivity contribution in [1.82, 2.24) is 5.32 Å². The smallest absolute Gasteiger partial charge is 0.183 e. The van der Waals surface area contributed by atoms with Gasteiger partial charge in [-0.25, -0.2) is 0 Å². The third-order valence-electron chi connectivity index (χ3n) is 3.62. The second kappa shape index (κ2) is 6.40. The standard InChI is InChI=1S/C17H25NO2/c1-11(2)10-20-17-13(4)8-12(3)9-14(17)16(19)15-6-5-7-18-15/h8-9,11,15,18H,5-7,10H2,1-4H3. The molecule has 0 amide bonds. The summed E-state index contributed by atoms with van der Waals surface area (Å²) in [5.41, 5.74) is 2.90. The molecule has 0 radical (unpaired) electrons. The van der Waals surface area contributed by atoms with Gasteiger partial charge in [-0.1, -0.05) is 19.9 Å². The number of carbonyl (C=O) groups excluding carboxylic acids is 1. The highest BCUT2D eigenvalue weighted by Gasteiger charge is 2.26. The molecule has 110 valence electrons. The highest BCUT2D eigenvalue weighted by atomic mass is 16.5. The number of carbonyl (C=O) groups is 1. The van der Waals surface area contributed by atoms with Crippen LogP contribution in [-0.2, 0) is 0 Å². The number of rotatable bonds is 5. The number of aryl methyl sites for hydroxylation is 2. The topological polar surface area (TPSA) is 38.3 Å². The lowest BCUT2D eigenvalue weighted by molar-refractivity contribution is 0.0947. The van der Waals surface area contributed by atoms with Crippen molar-refractivity contribution in [1.29, 1.82) is 0 Å². The molecule has 0 spiro atoms. The predicted molar refractivity (Wildman–Crippen MR) is 81.6 cm³/mol. The molecule has 0 bridgehead atoms. The quantitative estimate of drug-likeness (QED) is 0.838. The Hall–Kier alpha value is -1.35. The summed E-state index contributed by atoms with van der Waals surface area (Å²) >= 11 is 0. The van der Waals surface area contributed by atoms with Gasteiger partial charge >= 0.3 is 0 Å². The van der Waals surface area contributed by atoms with E-state index in [1.807, 2.05) is 19.9 Å². The first-order valence-electron chi connectivity index (χ1n) is 7.50. The summed E-state index contributed by atoms with van der Waals surface area (Å²) < 4.78 is 5.92. The normalized spacial score (nSPS) is 18.6. The van der Waals surface area contributed by atoms with Crippen LogP contribution in [0.4, 0.5) is 0 Å². The maximum Gasteiger partial charge on any atom is 0.183 e. The Morgan fingerprint density at radius 1 is 1.40 bits per heavy atom. The average Bonchev–Trinajstić information content (AvgIpc) is 2.89. The zero-order valence-corrected chi connectivity index (χ0v) is 13.0. The molecule has 0 aromatic heterocycles. The number of hydrogen-bond donors (Lipinski definition) is 1. The maximum atomic E-state index is 12.7. The fourth-order valence-corrected chi connectivity index (χ4v) is 2.68. The molecule has 1 aromatic carbocycles. The van der Waals surface area contributed by atoms with Crippen LogP contribution in [0, 0.1) is 19.8 Å². The Labute approximate surface area is 121 Å². The fraction of sp³-hybridized carbons (Fsp3) is 0.588. The summed E-state index contributed by atoms with van der Waals surface area (Å²) in [5.74, 6) is 1.39. The van der Waals surface area contributed by atoms with Gasteiger partial charge in [-0.3, -0.25) is 4.79 Å². The number of ether oxygens (including phenoxy) is 1. The molecule has 1 atom stereocenters. The van der Waals surface area contributed by atoms with Crippen molar-refractivity contribution in [2.24, 2.45) is 5.92 Å². The van der Waals surface area contributed by atoms with Crippen LogP contribution in [0.3, 0.4) is 0 Å². The van der Waals surface area contributed by atoms with Crippen molar-refractivity contribution in [3.05, 3.63) is 28.8 Å². The van der Waals surface area contributed by atoms with Gasteiger partial charge in [0.1, 0.15) is 5.75 Å². The molecular formula is C17H25NO2. The van der Waals surface area contributed by atoms with Crippen molar-refractivity contribution < 1.29 is 9.53 Å². The van der Waals surface area contributed by atoms with Crippen molar-refractivity contribution in [3.63, 3.8) is 0 Å². The molecule has 1 aliphatic rings. The molecule has 0 saturated carbocycles. The van der Waals surface area contributed by atoms with Gasteiger partial charge in [-0.2, -0.15) is 0 Å². The van der Waals surface area contributed by atoms with E-state index >= 15 is 0 Å². The van der Waals surface area contributed by atoms with Crippen LogP contribution < -0.4 is 10.1 Å². The lowest BCUT2D eigenvalue weighted by atomic mass is 9.97. The van der Waals surface area contributed by atoms with Crippen LogP contribution in [0.2, 0.25) is 0 Å².